The van der Waals surface area contributed by atoms with Gasteiger partial charge in [-0.2, -0.15) is 0 Å². The van der Waals surface area contributed by atoms with Crippen LogP contribution in [-0.4, -0.2) is 63.1 Å². The van der Waals surface area contributed by atoms with Crippen molar-refractivity contribution in [2.24, 2.45) is 0 Å². The van der Waals surface area contributed by atoms with E-state index in [9.17, 15) is 14.7 Å². The number of carbonyl (C=O) groups excluding carboxylic acids is 2. The molecule has 2 aromatic carbocycles. The summed E-state index contributed by atoms with van der Waals surface area (Å²) < 4.78 is 5.77. The molecular formula is C29H34N4O4. The molecule has 1 aromatic heterocycles. The number of aromatic amines is 1. The van der Waals surface area contributed by atoms with E-state index >= 15 is 0 Å². The molecule has 1 aliphatic carbocycles. The van der Waals surface area contributed by atoms with Crippen LogP contribution < -0.4 is 10.1 Å². The molecule has 8 nitrogen and oxygen atoms in total. The molecular weight excluding hydrogens is 468 g/mol. The number of benzene rings is 2. The number of ether oxygens (including phenoxy) is 1. The summed E-state index contributed by atoms with van der Waals surface area (Å²) in [5.41, 5.74) is 2.87. The van der Waals surface area contributed by atoms with Crippen molar-refractivity contribution in [3.8, 4) is 11.5 Å². The zero-order valence-corrected chi connectivity index (χ0v) is 21.4. The fourth-order valence-corrected chi connectivity index (χ4v) is 6.20. The minimum atomic E-state index is -0.987. The fraction of sp³-hybridized carbons (Fsp3) is 0.448. The van der Waals surface area contributed by atoms with Gasteiger partial charge in [-0.25, -0.2) is 4.79 Å². The Bertz CT molecular complexity index is 1360. The number of nitrogens with zero attached hydrogens (tertiary/aromatic N) is 2. The molecule has 1 saturated heterocycles. The third-order valence-corrected chi connectivity index (χ3v) is 8.28. The first kappa shape index (κ1) is 23.9. The molecule has 0 radical (unpaired) electrons. The number of H-pyrrole nitrogens is 1. The van der Waals surface area contributed by atoms with E-state index in [1.807, 2.05) is 44.2 Å². The lowest BCUT2D eigenvalue weighted by Gasteiger charge is -2.42. The van der Waals surface area contributed by atoms with E-state index in [0.717, 1.165) is 46.3 Å². The van der Waals surface area contributed by atoms with E-state index < -0.39 is 5.54 Å². The number of urea groups is 1. The van der Waals surface area contributed by atoms with Gasteiger partial charge in [0.15, 0.2) is 0 Å². The maximum Gasteiger partial charge on any atom is 0.328 e. The third-order valence-electron chi connectivity index (χ3n) is 8.28. The van der Waals surface area contributed by atoms with Gasteiger partial charge in [0.05, 0.1) is 12.6 Å². The van der Waals surface area contributed by atoms with E-state index in [0.29, 0.717) is 38.6 Å². The van der Waals surface area contributed by atoms with Crippen LogP contribution in [0.3, 0.4) is 0 Å². The Hall–Kier alpha value is -3.52. The first-order chi connectivity index (χ1) is 17.9. The van der Waals surface area contributed by atoms with Crippen molar-refractivity contribution >= 4 is 22.8 Å². The van der Waals surface area contributed by atoms with Crippen LogP contribution >= 0.6 is 0 Å². The highest BCUT2D eigenvalue weighted by Crippen LogP contribution is 2.47. The summed E-state index contributed by atoms with van der Waals surface area (Å²) in [4.78, 5) is 34.5. The molecule has 2 atom stereocenters. The van der Waals surface area contributed by atoms with E-state index in [4.69, 9.17) is 4.74 Å². The predicted molar refractivity (Wildman–Crippen MR) is 141 cm³/mol. The average molecular weight is 503 g/mol. The number of phenols is 1. The SMILES string of the molecule is CCOc1ccc2[nH]c3c(c2c1)C[C@@]1(C)C(=O)N(CCNC2CCC2)C(=O)N1C3Cc1cccc(O)c1. The molecule has 37 heavy (non-hydrogen) atoms. The second-order valence-electron chi connectivity index (χ2n) is 10.7. The standard InChI is InChI=1S/C29H34N4O4/c1-3-37-21-10-11-24-22(16-21)23-17-29(2)27(35)32(13-12-30-19-7-5-8-19)28(36)33(29)25(26(23)31-24)15-18-6-4-9-20(34)14-18/h4,6,9-11,14,16,19,25,30-31,34H,3,5,7-8,12-13,15,17H2,1-2H3/t25?,29-/m0/s1. The van der Waals surface area contributed by atoms with Crippen molar-refractivity contribution in [3.63, 3.8) is 0 Å². The molecule has 1 unspecified atom stereocenters. The number of hydrogen-bond acceptors (Lipinski definition) is 5. The number of nitrogens with one attached hydrogen (secondary N) is 2. The van der Waals surface area contributed by atoms with Crippen molar-refractivity contribution in [2.75, 3.05) is 19.7 Å². The number of amides is 3. The van der Waals surface area contributed by atoms with Gasteiger partial charge in [-0.1, -0.05) is 18.6 Å². The zero-order valence-electron chi connectivity index (χ0n) is 21.4. The smallest absolute Gasteiger partial charge is 0.328 e. The number of carbonyl (C=O) groups is 2. The van der Waals surface area contributed by atoms with Crippen LogP contribution in [0.5, 0.6) is 11.5 Å². The molecule has 3 aromatic rings. The number of rotatable bonds is 8. The maximum absolute atomic E-state index is 13.9. The molecule has 1 saturated carbocycles. The molecule has 3 heterocycles. The van der Waals surface area contributed by atoms with Crippen LogP contribution in [0.2, 0.25) is 0 Å². The van der Waals surface area contributed by atoms with Gasteiger partial charge < -0.3 is 25.0 Å². The molecule has 3 amide bonds. The Morgan fingerprint density at radius 1 is 1.19 bits per heavy atom. The summed E-state index contributed by atoms with van der Waals surface area (Å²) in [7, 11) is 0. The van der Waals surface area contributed by atoms with Crippen molar-refractivity contribution in [1.82, 2.24) is 20.1 Å². The van der Waals surface area contributed by atoms with Crippen molar-refractivity contribution in [2.45, 2.75) is 63.6 Å². The first-order valence-corrected chi connectivity index (χ1v) is 13.3. The molecule has 194 valence electrons. The average Bonchev–Trinajstić information content (AvgIpc) is 3.28. The van der Waals surface area contributed by atoms with Gasteiger partial charge in [0.1, 0.15) is 17.0 Å². The third kappa shape index (κ3) is 3.94. The Labute approximate surface area is 216 Å². The number of hydrogen-bond donors (Lipinski definition) is 3. The van der Waals surface area contributed by atoms with Gasteiger partial charge in [0, 0.05) is 42.1 Å². The summed E-state index contributed by atoms with van der Waals surface area (Å²) in [5, 5.41) is 14.6. The lowest BCUT2D eigenvalue weighted by molar-refractivity contribution is -0.133. The molecule has 0 spiro atoms. The van der Waals surface area contributed by atoms with Gasteiger partial charge in [0.2, 0.25) is 0 Å². The van der Waals surface area contributed by atoms with E-state index in [-0.39, 0.29) is 23.7 Å². The Kier molecular flexibility index (Phi) is 5.87. The predicted octanol–water partition coefficient (Wildman–Crippen LogP) is 4.28. The first-order valence-electron chi connectivity index (χ1n) is 13.3. The largest absolute Gasteiger partial charge is 0.508 e. The Morgan fingerprint density at radius 3 is 2.76 bits per heavy atom. The fourth-order valence-electron chi connectivity index (χ4n) is 6.20. The van der Waals surface area contributed by atoms with Gasteiger partial charge in [-0.05, 0) is 74.6 Å². The van der Waals surface area contributed by atoms with Crippen molar-refractivity contribution in [1.29, 1.82) is 0 Å². The molecule has 8 heteroatoms. The summed E-state index contributed by atoms with van der Waals surface area (Å²) in [6, 6.07) is 13.0. The minimum absolute atomic E-state index is 0.144. The molecule has 3 aliphatic rings. The lowest BCUT2D eigenvalue weighted by atomic mass is 9.81. The number of aromatic nitrogens is 1. The van der Waals surface area contributed by atoms with Gasteiger partial charge in [0.25, 0.3) is 5.91 Å². The monoisotopic (exact) mass is 502 g/mol. The van der Waals surface area contributed by atoms with Crippen LogP contribution in [0.15, 0.2) is 42.5 Å². The quantitative estimate of drug-likeness (QED) is 0.400. The highest BCUT2D eigenvalue weighted by Gasteiger charge is 2.59. The second-order valence-corrected chi connectivity index (χ2v) is 10.7. The highest BCUT2D eigenvalue weighted by atomic mass is 16.5. The van der Waals surface area contributed by atoms with Gasteiger partial charge >= 0.3 is 6.03 Å². The lowest BCUT2D eigenvalue weighted by Crippen LogP contribution is -2.53. The zero-order chi connectivity index (χ0) is 25.7. The van der Waals surface area contributed by atoms with Crippen LogP contribution in [0, 0.1) is 0 Å². The maximum atomic E-state index is 13.9. The number of phenolic OH excluding ortho intramolecular Hbond substituents is 1. The Morgan fingerprint density at radius 2 is 2.03 bits per heavy atom. The Balaban J connectivity index is 1.40. The van der Waals surface area contributed by atoms with Gasteiger partial charge in [-0.15, -0.1) is 0 Å². The van der Waals surface area contributed by atoms with Gasteiger partial charge in [-0.3, -0.25) is 9.69 Å². The van der Waals surface area contributed by atoms with Crippen molar-refractivity contribution < 1.29 is 19.4 Å². The minimum Gasteiger partial charge on any atom is -0.508 e. The topological polar surface area (TPSA) is 97.9 Å². The van der Waals surface area contributed by atoms with Crippen LogP contribution in [0.4, 0.5) is 4.79 Å². The molecule has 2 aliphatic heterocycles. The molecule has 3 N–H and O–H groups in total. The molecule has 2 fully saturated rings. The van der Waals surface area contributed by atoms with E-state index in [2.05, 4.69) is 10.3 Å². The summed E-state index contributed by atoms with van der Waals surface area (Å²) >= 11 is 0. The van der Waals surface area contributed by atoms with E-state index in [1.54, 1.807) is 17.0 Å². The van der Waals surface area contributed by atoms with Crippen LogP contribution in [0.25, 0.3) is 10.9 Å². The molecule has 6 rings (SSSR count). The van der Waals surface area contributed by atoms with Crippen LogP contribution in [0.1, 0.15) is 56.0 Å². The summed E-state index contributed by atoms with van der Waals surface area (Å²) in [5.74, 6) is 0.822. The normalized spacial score (nSPS) is 23.4. The number of imide groups is 1. The highest BCUT2D eigenvalue weighted by molar-refractivity contribution is 6.08. The summed E-state index contributed by atoms with van der Waals surface area (Å²) in [6.07, 6.45) is 4.46. The van der Waals surface area contributed by atoms with E-state index in [1.165, 1.54) is 11.3 Å². The number of aromatic hydroxyl groups is 1. The van der Waals surface area contributed by atoms with Crippen LogP contribution in [-0.2, 0) is 17.6 Å². The second kappa shape index (κ2) is 9.10. The molecule has 0 bridgehead atoms. The number of fused-ring (bicyclic) bond motifs is 4. The van der Waals surface area contributed by atoms with Crippen molar-refractivity contribution in [3.05, 3.63) is 59.3 Å². The summed E-state index contributed by atoms with van der Waals surface area (Å²) in [6.45, 7) is 5.40.